The molecule has 3 rings (SSSR count). The van der Waals surface area contributed by atoms with Crippen LogP contribution in [0.4, 0.5) is 0 Å². The van der Waals surface area contributed by atoms with Crippen molar-refractivity contribution in [3.63, 3.8) is 0 Å². The second kappa shape index (κ2) is 5.20. The Hall–Kier alpha value is -2.95. The zero-order valence-corrected chi connectivity index (χ0v) is 11.5. The topological polar surface area (TPSA) is 84.9 Å². The standard InChI is InChI=1S/C16H14N4O/c1-10-6-7-13(15(17)18)16(20-10)21-12-8-11-4-2-3-5-14(11)19-9-12/h2-9H,1H3,(H3,17,18). The third kappa shape index (κ3) is 2.67. The molecule has 0 fully saturated rings. The zero-order chi connectivity index (χ0) is 14.8. The summed E-state index contributed by atoms with van der Waals surface area (Å²) < 4.78 is 5.77. The van der Waals surface area contributed by atoms with Crippen LogP contribution < -0.4 is 10.5 Å². The lowest BCUT2D eigenvalue weighted by molar-refractivity contribution is 0.459. The summed E-state index contributed by atoms with van der Waals surface area (Å²) >= 11 is 0. The van der Waals surface area contributed by atoms with Crippen molar-refractivity contribution in [2.24, 2.45) is 5.73 Å². The number of rotatable bonds is 3. The molecule has 0 spiro atoms. The van der Waals surface area contributed by atoms with Crippen LogP contribution in [0.1, 0.15) is 11.3 Å². The Morgan fingerprint density at radius 1 is 1.19 bits per heavy atom. The van der Waals surface area contributed by atoms with Gasteiger partial charge in [0.25, 0.3) is 0 Å². The summed E-state index contributed by atoms with van der Waals surface area (Å²) in [5.74, 6) is 0.806. The van der Waals surface area contributed by atoms with Gasteiger partial charge in [-0.1, -0.05) is 18.2 Å². The van der Waals surface area contributed by atoms with Crippen LogP contribution in [0.5, 0.6) is 11.6 Å². The fourth-order valence-corrected chi connectivity index (χ4v) is 2.03. The monoisotopic (exact) mass is 278 g/mol. The number of para-hydroxylation sites is 1. The molecule has 104 valence electrons. The minimum atomic E-state index is -0.0775. The lowest BCUT2D eigenvalue weighted by Crippen LogP contribution is -2.13. The minimum absolute atomic E-state index is 0.0775. The fraction of sp³-hybridized carbons (Fsp3) is 0.0625. The average Bonchev–Trinajstić information content (AvgIpc) is 2.47. The number of pyridine rings is 2. The molecule has 0 unspecified atom stereocenters. The van der Waals surface area contributed by atoms with Crippen molar-refractivity contribution in [3.05, 3.63) is 59.9 Å². The van der Waals surface area contributed by atoms with E-state index in [1.54, 1.807) is 18.3 Å². The number of nitrogens with one attached hydrogen (secondary N) is 1. The highest BCUT2D eigenvalue weighted by Crippen LogP contribution is 2.25. The number of aryl methyl sites for hydroxylation is 1. The molecule has 0 aliphatic heterocycles. The SMILES string of the molecule is Cc1ccc(C(=N)N)c(Oc2cnc3ccccc3c2)n1. The van der Waals surface area contributed by atoms with Crippen LogP contribution in [0.15, 0.2) is 48.7 Å². The number of hydrogen-bond donors (Lipinski definition) is 2. The molecule has 0 radical (unpaired) electrons. The van der Waals surface area contributed by atoms with E-state index in [2.05, 4.69) is 9.97 Å². The van der Waals surface area contributed by atoms with E-state index in [0.717, 1.165) is 16.6 Å². The van der Waals surface area contributed by atoms with Crippen LogP contribution in [0.2, 0.25) is 0 Å². The molecular weight excluding hydrogens is 264 g/mol. The first-order valence-corrected chi connectivity index (χ1v) is 6.48. The molecule has 2 heterocycles. The first kappa shape index (κ1) is 13.1. The summed E-state index contributed by atoms with van der Waals surface area (Å²) in [6.45, 7) is 1.86. The number of nitrogen functional groups attached to an aromatic ring is 1. The maximum atomic E-state index is 7.59. The van der Waals surface area contributed by atoms with Gasteiger partial charge in [-0.2, -0.15) is 0 Å². The van der Waals surface area contributed by atoms with Crippen LogP contribution in [0.25, 0.3) is 10.9 Å². The number of fused-ring (bicyclic) bond motifs is 1. The summed E-state index contributed by atoms with van der Waals surface area (Å²) in [5, 5.41) is 8.56. The molecule has 1 aromatic carbocycles. The van der Waals surface area contributed by atoms with Gasteiger partial charge in [-0.05, 0) is 31.2 Å². The number of nitrogens with zero attached hydrogens (tertiary/aromatic N) is 2. The van der Waals surface area contributed by atoms with Crippen molar-refractivity contribution in [2.45, 2.75) is 6.92 Å². The van der Waals surface area contributed by atoms with Crippen LogP contribution in [-0.4, -0.2) is 15.8 Å². The van der Waals surface area contributed by atoms with Crippen LogP contribution in [0.3, 0.4) is 0 Å². The summed E-state index contributed by atoms with van der Waals surface area (Å²) in [6, 6.07) is 13.2. The first-order valence-electron chi connectivity index (χ1n) is 6.48. The molecule has 0 saturated heterocycles. The maximum Gasteiger partial charge on any atom is 0.230 e. The van der Waals surface area contributed by atoms with Gasteiger partial charge in [0.05, 0.1) is 17.3 Å². The average molecular weight is 278 g/mol. The Labute approximate surface area is 121 Å². The lowest BCUT2D eigenvalue weighted by Gasteiger charge is -2.10. The van der Waals surface area contributed by atoms with Crippen molar-refractivity contribution in [1.29, 1.82) is 5.41 Å². The largest absolute Gasteiger partial charge is 0.437 e. The van der Waals surface area contributed by atoms with E-state index in [9.17, 15) is 0 Å². The molecule has 0 aliphatic carbocycles. The van der Waals surface area contributed by atoms with Crippen LogP contribution >= 0.6 is 0 Å². The van der Waals surface area contributed by atoms with E-state index >= 15 is 0 Å². The summed E-state index contributed by atoms with van der Waals surface area (Å²) in [5.41, 5.74) is 7.72. The second-order valence-corrected chi connectivity index (χ2v) is 4.68. The van der Waals surface area contributed by atoms with E-state index in [-0.39, 0.29) is 5.84 Å². The van der Waals surface area contributed by atoms with Crippen molar-refractivity contribution in [2.75, 3.05) is 0 Å². The number of ether oxygens (including phenoxy) is 1. The number of aromatic nitrogens is 2. The Balaban J connectivity index is 2.02. The molecule has 21 heavy (non-hydrogen) atoms. The van der Waals surface area contributed by atoms with E-state index in [0.29, 0.717) is 17.2 Å². The van der Waals surface area contributed by atoms with Gasteiger partial charge in [0.15, 0.2) is 0 Å². The molecule has 5 heteroatoms. The maximum absolute atomic E-state index is 7.59. The number of benzene rings is 1. The first-order chi connectivity index (χ1) is 10.1. The smallest absolute Gasteiger partial charge is 0.230 e. The van der Waals surface area contributed by atoms with Crippen molar-refractivity contribution in [3.8, 4) is 11.6 Å². The van der Waals surface area contributed by atoms with Crippen molar-refractivity contribution < 1.29 is 4.74 Å². The van der Waals surface area contributed by atoms with Crippen LogP contribution in [-0.2, 0) is 0 Å². The molecule has 0 aliphatic rings. The van der Waals surface area contributed by atoms with Crippen molar-refractivity contribution >= 4 is 16.7 Å². The van der Waals surface area contributed by atoms with Gasteiger partial charge in [-0.15, -0.1) is 0 Å². The zero-order valence-electron chi connectivity index (χ0n) is 11.5. The van der Waals surface area contributed by atoms with Gasteiger partial charge >= 0.3 is 0 Å². The summed E-state index contributed by atoms with van der Waals surface area (Å²) in [4.78, 5) is 8.64. The molecule has 0 bridgehead atoms. The Kier molecular flexibility index (Phi) is 3.23. The molecule has 2 aromatic heterocycles. The predicted octanol–water partition coefficient (Wildman–Crippen LogP) is 3.01. The molecule has 0 amide bonds. The Morgan fingerprint density at radius 2 is 2.00 bits per heavy atom. The molecule has 3 aromatic rings. The number of hydrogen-bond acceptors (Lipinski definition) is 4. The highest BCUT2D eigenvalue weighted by Gasteiger charge is 2.10. The number of amidine groups is 1. The van der Waals surface area contributed by atoms with Gasteiger partial charge in [0.1, 0.15) is 11.6 Å². The van der Waals surface area contributed by atoms with Gasteiger partial charge < -0.3 is 10.5 Å². The van der Waals surface area contributed by atoms with Gasteiger partial charge in [0.2, 0.25) is 5.88 Å². The molecule has 0 atom stereocenters. The predicted molar refractivity (Wildman–Crippen MR) is 81.8 cm³/mol. The highest BCUT2D eigenvalue weighted by molar-refractivity contribution is 5.97. The summed E-state index contributed by atoms with van der Waals surface area (Å²) in [6.07, 6.45) is 1.64. The molecule has 3 N–H and O–H groups in total. The highest BCUT2D eigenvalue weighted by atomic mass is 16.5. The molecule has 5 nitrogen and oxygen atoms in total. The second-order valence-electron chi connectivity index (χ2n) is 4.68. The Morgan fingerprint density at radius 3 is 2.81 bits per heavy atom. The molecule has 0 saturated carbocycles. The minimum Gasteiger partial charge on any atom is -0.437 e. The molecular formula is C16H14N4O. The lowest BCUT2D eigenvalue weighted by atomic mass is 10.2. The third-order valence-corrected chi connectivity index (χ3v) is 3.07. The van der Waals surface area contributed by atoms with Gasteiger partial charge in [-0.3, -0.25) is 10.4 Å². The van der Waals surface area contributed by atoms with E-state index in [1.807, 2.05) is 37.3 Å². The van der Waals surface area contributed by atoms with Crippen molar-refractivity contribution in [1.82, 2.24) is 9.97 Å². The Bertz CT molecular complexity index is 829. The van der Waals surface area contributed by atoms with Gasteiger partial charge in [0, 0.05) is 11.1 Å². The quantitative estimate of drug-likeness (QED) is 0.569. The van der Waals surface area contributed by atoms with Crippen LogP contribution in [0, 0.1) is 12.3 Å². The van der Waals surface area contributed by atoms with E-state index in [1.165, 1.54) is 0 Å². The normalized spacial score (nSPS) is 10.5. The fourth-order valence-electron chi connectivity index (χ4n) is 2.03. The number of nitrogens with two attached hydrogens (primary N) is 1. The summed E-state index contributed by atoms with van der Waals surface area (Å²) in [7, 11) is 0. The van der Waals surface area contributed by atoms with Gasteiger partial charge in [-0.25, -0.2) is 4.98 Å². The third-order valence-electron chi connectivity index (χ3n) is 3.07. The van der Waals surface area contributed by atoms with E-state index < -0.39 is 0 Å². The van der Waals surface area contributed by atoms with E-state index in [4.69, 9.17) is 15.9 Å².